The molecule has 1 aliphatic rings. The lowest BCUT2D eigenvalue weighted by Crippen LogP contribution is -1.95. The molecule has 2 unspecified atom stereocenters. The van der Waals surface area contributed by atoms with Crippen molar-refractivity contribution in [1.29, 1.82) is 0 Å². The SMILES string of the molecule is OC1CCc2c(OCP)cccc21. The lowest BCUT2D eigenvalue weighted by atomic mass is 10.1. The molecule has 0 heterocycles. The van der Waals surface area contributed by atoms with Gasteiger partial charge < -0.3 is 9.84 Å². The Hall–Kier alpha value is -0.590. The predicted octanol–water partition coefficient (Wildman–Crippen LogP) is 1.88. The molecule has 0 radical (unpaired) electrons. The third-order valence-corrected chi connectivity index (χ3v) is 2.60. The second-order valence-corrected chi connectivity index (χ2v) is 3.52. The Morgan fingerprint density at radius 1 is 1.54 bits per heavy atom. The highest BCUT2D eigenvalue weighted by Gasteiger charge is 2.22. The average Bonchev–Trinajstić information content (AvgIpc) is 2.50. The van der Waals surface area contributed by atoms with E-state index in [1.807, 2.05) is 18.2 Å². The van der Waals surface area contributed by atoms with Gasteiger partial charge in [-0.05, 0) is 24.5 Å². The Kier molecular flexibility index (Phi) is 2.52. The van der Waals surface area contributed by atoms with Gasteiger partial charge >= 0.3 is 0 Å². The molecule has 0 fully saturated rings. The minimum absolute atomic E-state index is 0.289. The molecule has 0 saturated heterocycles. The molecule has 0 spiro atoms. The summed E-state index contributed by atoms with van der Waals surface area (Å²) >= 11 is 0. The molecule has 0 bridgehead atoms. The van der Waals surface area contributed by atoms with E-state index in [4.69, 9.17) is 4.74 Å². The summed E-state index contributed by atoms with van der Waals surface area (Å²) in [5.74, 6) is 0.920. The average molecular weight is 196 g/mol. The standard InChI is InChI=1S/C10H13O2P/c11-9-5-4-8-7(9)2-1-3-10(8)12-6-13/h1-3,9,11H,4-6,13H2. The summed E-state index contributed by atoms with van der Waals surface area (Å²) in [4.78, 5) is 0. The summed E-state index contributed by atoms with van der Waals surface area (Å²) in [6.07, 6.45) is 2.07. The van der Waals surface area contributed by atoms with Gasteiger partial charge in [0.2, 0.25) is 0 Å². The first-order chi connectivity index (χ1) is 6.33. The molecule has 1 aliphatic carbocycles. The molecular formula is C10H13O2P. The van der Waals surface area contributed by atoms with Gasteiger partial charge in [0.15, 0.2) is 0 Å². The normalized spacial score (nSPS) is 20.0. The first kappa shape index (κ1) is 8.98. The van der Waals surface area contributed by atoms with Crippen LogP contribution in [-0.2, 0) is 6.42 Å². The third-order valence-electron chi connectivity index (χ3n) is 2.43. The van der Waals surface area contributed by atoms with E-state index in [-0.39, 0.29) is 6.10 Å². The van der Waals surface area contributed by atoms with E-state index >= 15 is 0 Å². The number of hydrogen-bond acceptors (Lipinski definition) is 2. The zero-order valence-corrected chi connectivity index (χ0v) is 8.52. The minimum Gasteiger partial charge on any atom is -0.489 e. The van der Waals surface area contributed by atoms with Gasteiger partial charge in [-0.25, -0.2) is 0 Å². The second kappa shape index (κ2) is 3.65. The first-order valence-electron chi connectivity index (χ1n) is 4.45. The molecule has 13 heavy (non-hydrogen) atoms. The number of aliphatic hydroxyl groups excluding tert-OH is 1. The van der Waals surface area contributed by atoms with Crippen molar-refractivity contribution in [3.8, 4) is 5.75 Å². The van der Waals surface area contributed by atoms with Crippen molar-refractivity contribution < 1.29 is 9.84 Å². The zero-order valence-electron chi connectivity index (χ0n) is 7.36. The number of ether oxygens (including phenoxy) is 1. The van der Waals surface area contributed by atoms with Crippen molar-refractivity contribution in [1.82, 2.24) is 0 Å². The molecule has 70 valence electrons. The van der Waals surface area contributed by atoms with Gasteiger partial charge in [-0.3, -0.25) is 0 Å². The van der Waals surface area contributed by atoms with Crippen LogP contribution in [-0.4, -0.2) is 11.5 Å². The highest BCUT2D eigenvalue weighted by atomic mass is 31.0. The molecule has 2 atom stereocenters. The smallest absolute Gasteiger partial charge is 0.123 e. The summed E-state index contributed by atoms with van der Waals surface area (Å²) < 4.78 is 5.45. The van der Waals surface area contributed by atoms with E-state index in [1.165, 1.54) is 5.56 Å². The molecule has 0 aliphatic heterocycles. The van der Waals surface area contributed by atoms with Crippen LogP contribution < -0.4 is 4.74 Å². The van der Waals surface area contributed by atoms with E-state index in [0.717, 1.165) is 24.2 Å². The first-order valence-corrected chi connectivity index (χ1v) is 5.27. The van der Waals surface area contributed by atoms with Crippen LogP contribution in [0.25, 0.3) is 0 Å². The second-order valence-electron chi connectivity index (χ2n) is 3.19. The molecule has 0 amide bonds. The van der Waals surface area contributed by atoms with Crippen LogP contribution in [0.3, 0.4) is 0 Å². The molecule has 0 aromatic heterocycles. The Labute approximate surface area is 80.1 Å². The van der Waals surface area contributed by atoms with Crippen LogP contribution in [0.2, 0.25) is 0 Å². The van der Waals surface area contributed by atoms with Crippen molar-refractivity contribution in [2.75, 3.05) is 6.35 Å². The van der Waals surface area contributed by atoms with Gasteiger partial charge in [0.25, 0.3) is 0 Å². The number of aliphatic hydroxyl groups is 1. The lowest BCUT2D eigenvalue weighted by molar-refractivity contribution is 0.180. The van der Waals surface area contributed by atoms with Crippen molar-refractivity contribution >= 4 is 9.24 Å². The Bertz CT molecular complexity index is 312. The summed E-state index contributed by atoms with van der Waals surface area (Å²) in [7, 11) is 2.53. The molecule has 2 rings (SSSR count). The van der Waals surface area contributed by atoms with Gasteiger partial charge in [0.05, 0.1) is 6.10 Å². The van der Waals surface area contributed by atoms with Crippen molar-refractivity contribution in [3.63, 3.8) is 0 Å². The van der Waals surface area contributed by atoms with Crippen LogP contribution in [0.15, 0.2) is 18.2 Å². The number of hydrogen-bond donors (Lipinski definition) is 1. The molecule has 2 nitrogen and oxygen atoms in total. The fraction of sp³-hybridized carbons (Fsp3) is 0.400. The highest BCUT2D eigenvalue weighted by Crippen LogP contribution is 2.36. The topological polar surface area (TPSA) is 29.5 Å². The quantitative estimate of drug-likeness (QED) is 0.732. The van der Waals surface area contributed by atoms with Crippen molar-refractivity contribution in [2.24, 2.45) is 0 Å². The summed E-state index contributed by atoms with van der Waals surface area (Å²) in [6, 6.07) is 5.87. The lowest BCUT2D eigenvalue weighted by Gasteiger charge is -2.09. The van der Waals surface area contributed by atoms with Crippen LogP contribution in [0.1, 0.15) is 23.7 Å². The van der Waals surface area contributed by atoms with E-state index < -0.39 is 0 Å². The highest BCUT2D eigenvalue weighted by molar-refractivity contribution is 7.16. The van der Waals surface area contributed by atoms with E-state index in [2.05, 4.69) is 9.24 Å². The maximum Gasteiger partial charge on any atom is 0.123 e. The van der Waals surface area contributed by atoms with Crippen LogP contribution in [0.4, 0.5) is 0 Å². The minimum atomic E-state index is -0.289. The molecule has 0 saturated carbocycles. The summed E-state index contributed by atoms with van der Waals surface area (Å²) in [5, 5.41) is 9.61. The predicted molar refractivity (Wildman–Crippen MR) is 54.9 cm³/mol. The molecular weight excluding hydrogens is 183 g/mol. The fourth-order valence-corrected chi connectivity index (χ4v) is 2.00. The maximum atomic E-state index is 9.61. The van der Waals surface area contributed by atoms with E-state index in [9.17, 15) is 5.11 Å². The fourth-order valence-electron chi connectivity index (χ4n) is 1.82. The van der Waals surface area contributed by atoms with Gasteiger partial charge in [-0.15, -0.1) is 0 Å². The Morgan fingerprint density at radius 3 is 3.15 bits per heavy atom. The van der Waals surface area contributed by atoms with Crippen LogP contribution in [0.5, 0.6) is 5.75 Å². The van der Waals surface area contributed by atoms with E-state index in [0.29, 0.717) is 6.35 Å². The van der Waals surface area contributed by atoms with Gasteiger partial charge in [0.1, 0.15) is 12.1 Å². The number of benzene rings is 1. The van der Waals surface area contributed by atoms with Crippen LogP contribution >= 0.6 is 9.24 Å². The number of fused-ring (bicyclic) bond motifs is 1. The molecule has 1 aromatic rings. The van der Waals surface area contributed by atoms with Crippen LogP contribution in [0, 0.1) is 0 Å². The van der Waals surface area contributed by atoms with Gasteiger partial charge in [-0.2, -0.15) is 0 Å². The molecule has 1 N–H and O–H groups in total. The third kappa shape index (κ3) is 1.56. The molecule has 1 aromatic carbocycles. The number of rotatable bonds is 2. The van der Waals surface area contributed by atoms with Crippen molar-refractivity contribution in [3.05, 3.63) is 29.3 Å². The Balaban J connectivity index is 2.38. The summed E-state index contributed by atoms with van der Waals surface area (Å²) in [6.45, 7) is 0. The maximum absolute atomic E-state index is 9.61. The Morgan fingerprint density at radius 2 is 2.38 bits per heavy atom. The van der Waals surface area contributed by atoms with E-state index in [1.54, 1.807) is 0 Å². The van der Waals surface area contributed by atoms with Gasteiger partial charge in [0, 0.05) is 5.56 Å². The largest absolute Gasteiger partial charge is 0.489 e. The van der Waals surface area contributed by atoms with Gasteiger partial charge in [-0.1, -0.05) is 21.4 Å². The zero-order chi connectivity index (χ0) is 9.26. The monoisotopic (exact) mass is 196 g/mol. The molecule has 3 heteroatoms. The van der Waals surface area contributed by atoms with Crippen molar-refractivity contribution in [2.45, 2.75) is 18.9 Å². The summed E-state index contributed by atoms with van der Waals surface area (Å²) in [5.41, 5.74) is 2.22.